The first kappa shape index (κ1) is 15.1. The molecule has 1 spiro atoms. The fraction of sp³-hybridized carbons (Fsp3) is 0.938. The molecule has 2 N–H and O–H groups in total. The molecule has 1 saturated heterocycles. The standard InChI is InChI=1S/C16H29N3O2/c1-15(2,20-4)10-18-14(17-3)19-12-11-6-9-21-13(11)16(12)7-5-8-16/h11-13H,5-10H2,1-4H3,(H2,17,18,19). The predicted molar refractivity (Wildman–Crippen MR) is 83.5 cm³/mol. The summed E-state index contributed by atoms with van der Waals surface area (Å²) in [5, 5.41) is 7.07. The molecule has 2 aliphatic carbocycles. The highest BCUT2D eigenvalue weighted by Gasteiger charge is 2.66. The number of guanidine groups is 1. The molecule has 0 bridgehead atoms. The van der Waals surface area contributed by atoms with Crippen molar-refractivity contribution >= 4 is 5.96 Å². The van der Waals surface area contributed by atoms with Crippen LogP contribution in [0.5, 0.6) is 0 Å². The van der Waals surface area contributed by atoms with Gasteiger partial charge in [0.05, 0.1) is 11.7 Å². The summed E-state index contributed by atoms with van der Waals surface area (Å²) in [6, 6.07) is 0.524. The van der Waals surface area contributed by atoms with Crippen molar-refractivity contribution < 1.29 is 9.47 Å². The summed E-state index contributed by atoms with van der Waals surface area (Å²) in [4.78, 5) is 4.38. The normalized spacial score (nSPS) is 34.1. The van der Waals surface area contributed by atoms with E-state index in [1.165, 1.54) is 25.7 Å². The Morgan fingerprint density at radius 3 is 2.76 bits per heavy atom. The third kappa shape index (κ3) is 2.44. The lowest BCUT2D eigenvalue weighted by Crippen LogP contribution is -2.72. The number of nitrogens with one attached hydrogen (secondary N) is 2. The van der Waals surface area contributed by atoms with E-state index in [-0.39, 0.29) is 5.60 Å². The van der Waals surface area contributed by atoms with Gasteiger partial charge in [0.2, 0.25) is 0 Å². The van der Waals surface area contributed by atoms with Crippen LogP contribution in [0.4, 0.5) is 0 Å². The quantitative estimate of drug-likeness (QED) is 0.610. The Morgan fingerprint density at radius 2 is 2.19 bits per heavy atom. The van der Waals surface area contributed by atoms with Crippen molar-refractivity contribution in [2.75, 3.05) is 27.3 Å². The molecular formula is C16H29N3O2. The monoisotopic (exact) mass is 295 g/mol. The first-order chi connectivity index (χ1) is 10.0. The fourth-order valence-electron chi connectivity index (χ4n) is 4.17. The van der Waals surface area contributed by atoms with E-state index in [4.69, 9.17) is 9.47 Å². The van der Waals surface area contributed by atoms with Crippen LogP contribution in [0.3, 0.4) is 0 Å². The molecule has 3 aliphatic rings. The van der Waals surface area contributed by atoms with E-state index in [2.05, 4.69) is 29.5 Å². The lowest BCUT2D eigenvalue weighted by molar-refractivity contribution is -0.171. The third-order valence-electron chi connectivity index (χ3n) is 5.79. The Balaban J connectivity index is 1.59. The van der Waals surface area contributed by atoms with E-state index in [1.54, 1.807) is 7.11 Å². The first-order valence-corrected chi connectivity index (χ1v) is 8.16. The van der Waals surface area contributed by atoms with Gasteiger partial charge >= 0.3 is 0 Å². The van der Waals surface area contributed by atoms with E-state index in [9.17, 15) is 0 Å². The summed E-state index contributed by atoms with van der Waals surface area (Å²) in [5.41, 5.74) is 0.194. The zero-order valence-corrected chi connectivity index (χ0v) is 13.7. The first-order valence-electron chi connectivity index (χ1n) is 8.16. The zero-order chi connectivity index (χ0) is 15.1. The van der Waals surface area contributed by atoms with Gasteiger partial charge in [0.15, 0.2) is 5.96 Å². The number of ether oxygens (including phenoxy) is 2. The Bertz CT molecular complexity index is 418. The average molecular weight is 295 g/mol. The van der Waals surface area contributed by atoms with Crippen molar-refractivity contribution in [1.29, 1.82) is 0 Å². The molecule has 0 aromatic rings. The molecule has 0 aromatic heterocycles. The number of hydrogen-bond acceptors (Lipinski definition) is 3. The molecule has 5 nitrogen and oxygen atoms in total. The number of aliphatic imine (C=N–C) groups is 1. The molecule has 120 valence electrons. The highest BCUT2D eigenvalue weighted by Crippen LogP contribution is 2.62. The van der Waals surface area contributed by atoms with Gasteiger partial charge in [-0.25, -0.2) is 0 Å². The molecule has 3 atom stereocenters. The predicted octanol–water partition coefficient (Wildman–Crippen LogP) is 1.53. The van der Waals surface area contributed by atoms with Crippen LogP contribution < -0.4 is 10.6 Å². The van der Waals surface area contributed by atoms with Crippen LogP contribution in [0.1, 0.15) is 39.5 Å². The van der Waals surface area contributed by atoms with Gasteiger partial charge in [0, 0.05) is 44.7 Å². The second kappa shape index (κ2) is 5.43. The number of nitrogens with zero attached hydrogens (tertiary/aromatic N) is 1. The van der Waals surface area contributed by atoms with Gasteiger partial charge in [0.25, 0.3) is 0 Å². The summed E-state index contributed by atoms with van der Waals surface area (Å²) in [6.45, 7) is 5.82. The molecule has 2 saturated carbocycles. The summed E-state index contributed by atoms with van der Waals surface area (Å²) in [5.74, 6) is 1.56. The average Bonchev–Trinajstić information content (AvgIpc) is 2.82. The lowest BCUT2D eigenvalue weighted by atomic mass is 9.46. The van der Waals surface area contributed by atoms with Crippen LogP contribution in [0.25, 0.3) is 0 Å². The minimum Gasteiger partial charge on any atom is -0.377 e. The van der Waals surface area contributed by atoms with E-state index >= 15 is 0 Å². The van der Waals surface area contributed by atoms with Gasteiger partial charge in [0.1, 0.15) is 0 Å². The Kier molecular flexibility index (Phi) is 3.91. The van der Waals surface area contributed by atoms with E-state index in [0.29, 0.717) is 23.5 Å². The van der Waals surface area contributed by atoms with Gasteiger partial charge in [-0.3, -0.25) is 4.99 Å². The second-order valence-electron chi connectivity index (χ2n) is 7.34. The third-order valence-corrected chi connectivity index (χ3v) is 5.79. The van der Waals surface area contributed by atoms with E-state index in [1.807, 2.05) is 7.05 Å². The van der Waals surface area contributed by atoms with Crippen molar-refractivity contribution in [3.63, 3.8) is 0 Å². The van der Waals surface area contributed by atoms with Gasteiger partial charge in [-0.2, -0.15) is 0 Å². The Hall–Kier alpha value is -0.810. The highest BCUT2D eigenvalue weighted by atomic mass is 16.5. The molecule has 1 aliphatic heterocycles. The number of fused-ring (bicyclic) bond motifs is 2. The van der Waals surface area contributed by atoms with Crippen molar-refractivity contribution in [3.05, 3.63) is 0 Å². The zero-order valence-electron chi connectivity index (χ0n) is 13.7. The maximum Gasteiger partial charge on any atom is 0.191 e. The van der Waals surface area contributed by atoms with Gasteiger partial charge in [-0.1, -0.05) is 6.42 Å². The fourth-order valence-corrected chi connectivity index (χ4v) is 4.17. The van der Waals surface area contributed by atoms with Crippen molar-refractivity contribution in [1.82, 2.24) is 10.6 Å². The van der Waals surface area contributed by atoms with Gasteiger partial charge in [-0.05, 0) is 33.1 Å². The topological polar surface area (TPSA) is 54.9 Å². The van der Waals surface area contributed by atoms with Gasteiger partial charge < -0.3 is 20.1 Å². The molecule has 5 heteroatoms. The summed E-state index contributed by atoms with van der Waals surface area (Å²) in [6.07, 6.45) is 5.62. The number of methoxy groups -OCH3 is 1. The van der Waals surface area contributed by atoms with Crippen molar-refractivity contribution in [3.8, 4) is 0 Å². The van der Waals surface area contributed by atoms with Crippen LogP contribution in [-0.4, -0.2) is 51.0 Å². The molecule has 3 unspecified atom stereocenters. The van der Waals surface area contributed by atoms with Gasteiger partial charge in [-0.15, -0.1) is 0 Å². The van der Waals surface area contributed by atoms with E-state index < -0.39 is 0 Å². The molecule has 1 heterocycles. The molecular weight excluding hydrogens is 266 g/mol. The Labute approximate surface area is 127 Å². The van der Waals surface area contributed by atoms with Crippen molar-refractivity contribution in [2.45, 2.75) is 57.3 Å². The molecule has 3 rings (SSSR count). The highest BCUT2D eigenvalue weighted by molar-refractivity contribution is 5.80. The largest absolute Gasteiger partial charge is 0.377 e. The molecule has 3 fully saturated rings. The second-order valence-corrected chi connectivity index (χ2v) is 7.34. The minimum absolute atomic E-state index is 0.190. The smallest absolute Gasteiger partial charge is 0.191 e. The SMILES string of the molecule is CN=C(NCC(C)(C)OC)NC1C2CCOC2C12CCC2. The summed E-state index contributed by atoms with van der Waals surface area (Å²) < 4.78 is 11.4. The Morgan fingerprint density at radius 1 is 1.43 bits per heavy atom. The molecule has 0 aromatic carbocycles. The summed E-state index contributed by atoms with van der Waals surface area (Å²) in [7, 11) is 3.58. The minimum atomic E-state index is -0.190. The number of rotatable bonds is 4. The maximum atomic E-state index is 5.97. The van der Waals surface area contributed by atoms with Crippen LogP contribution in [0.2, 0.25) is 0 Å². The van der Waals surface area contributed by atoms with E-state index in [0.717, 1.165) is 19.1 Å². The van der Waals surface area contributed by atoms with Crippen LogP contribution >= 0.6 is 0 Å². The molecule has 0 amide bonds. The van der Waals surface area contributed by atoms with Crippen LogP contribution in [0, 0.1) is 11.3 Å². The van der Waals surface area contributed by atoms with Crippen molar-refractivity contribution in [2.24, 2.45) is 16.3 Å². The molecule has 21 heavy (non-hydrogen) atoms. The van der Waals surface area contributed by atoms with Crippen LogP contribution in [0.15, 0.2) is 4.99 Å². The number of hydrogen-bond donors (Lipinski definition) is 2. The molecule has 0 radical (unpaired) electrons. The summed E-state index contributed by atoms with van der Waals surface area (Å²) >= 11 is 0. The maximum absolute atomic E-state index is 5.97. The lowest BCUT2D eigenvalue weighted by Gasteiger charge is -2.63. The van der Waals surface area contributed by atoms with Crippen LogP contribution in [-0.2, 0) is 9.47 Å².